The maximum Gasteiger partial charge on any atom is 0.251 e. The molecule has 4 rings (SSSR count). The highest BCUT2D eigenvalue weighted by atomic mass is 32.1. The van der Waals surface area contributed by atoms with E-state index in [0.29, 0.717) is 31.7 Å². The minimum Gasteiger partial charge on any atom is -0.494 e. The Morgan fingerprint density at radius 1 is 0.762 bits per heavy atom. The van der Waals surface area contributed by atoms with Gasteiger partial charge in [0.25, 0.3) is 5.91 Å². The normalized spacial score (nSPS) is 12.1. The van der Waals surface area contributed by atoms with Gasteiger partial charge in [-0.25, -0.2) is 0 Å². The van der Waals surface area contributed by atoms with Gasteiger partial charge in [-0.2, -0.15) is 11.3 Å². The molecule has 0 spiro atoms. The molecule has 1 aromatic heterocycles. The molecule has 1 heterocycles. The van der Waals surface area contributed by atoms with Gasteiger partial charge in [-0.15, -0.1) is 0 Å². The Kier molecular flexibility index (Phi) is 11.3. The van der Waals surface area contributed by atoms with Gasteiger partial charge < -0.3 is 26.4 Å². The summed E-state index contributed by atoms with van der Waals surface area (Å²) in [6, 6.07) is 24.0. The molecular formula is C33H36N4O4S. The lowest BCUT2D eigenvalue weighted by molar-refractivity contribution is -0.130. The second-order valence-corrected chi connectivity index (χ2v) is 10.6. The van der Waals surface area contributed by atoms with Crippen LogP contribution in [-0.4, -0.2) is 36.4 Å². The number of carbonyl (C=O) groups is 3. The van der Waals surface area contributed by atoms with E-state index in [9.17, 15) is 14.4 Å². The van der Waals surface area contributed by atoms with E-state index in [1.54, 1.807) is 24.3 Å². The Balaban J connectivity index is 1.51. The molecule has 0 aliphatic rings. The van der Waals surface area contributed by atoms with Gasteiger partial charge in [0.2, 0.25) is 11.8 Å². The van der Waals surface area contributed by atoms with Crippen molar-refractivity contribution in [1.29, 1.82) is 0 Å². The molecule has 3 amide bonds. The predicted octanol–water partition coefficient (Wildman–Crippen LogP) is 3.99. The van der Waals surface area contributed by atoms with E-state index in [2.05, 4.69) is 16.0 Å². The van der Waals surface area contributed by atoms with Gasteiger partial charge in [0.15, 0.2) is 0 Å². The minimum absolute atomic E-state index is 0.233. The highest BCUT2D eigenvalue weighted by Crippen LogP contribution is 2.15. The lowest BCUT2D eigenvalue weighted by Crippen LogP contribution is -2.55. The average molecular weight is 585 g/mol. The molecule has 8 nitrogen and oxygen atoms in total. The predicted molar refractivity (Wildman–Crippen MR) is 165 cm³/mol. The Labute approximate surface area is 250 Å². The van der Waals surface area contributed by atoms with Crippen molar-refractivity contribution in [2.75, 3.05) is 6.61 Å². The average Bonchev–Trinajstić information content (AvgIpc) is 3.54. The molecule has 0 aliphatic heterocycles. The van der Waals surface area contributed by atoms with Crippen LogP contribution in [0.2, 0.25) is 0 Å². The Bertz CT molecular complexity index is 1430. The van der Waals surface area contributed by atoms with Crippen LogP contribution in [0.25, 0.3) is 0 Å². The number of rotatable bonds is 14. The number of amides is 3. The van der Waals surface area contributed by atoms with Crippen molar-refractivity contribution in [3.63, 3.8) is 0 Å². The monoisotopic (exact) mass is 584 g/mol. The Morgan fingerprint density at radius 2 is 1.40 bits per heavy atom. The van der Waals surface area contributed by atoms with Crippen LogP contribution < -0.4 is 26.4 Å². The van der Waals surface area contributed by atoms with Gasteiger partial charge in [0.1, 0.15) is 17.8 Å². The van der Waals surface area contributed by atoms with Crippen LogP contribution in [-0.2, 0) is 35.5 Å². The molecular weight excluding hydrogens is 548 g/mol. The second kappa shape index (κ2) is 15.5. The van der Waals surface area contributed by atoms with Crippen molar-refractivity contribution < 1.29 is 19.1 Å². The van der Waals surface area contributed by atoms with E-state index in [1.165, 1.54) is 11.3 Å². The standard InChI is InChI=1S/C33H36N4O4S/c1-2-41-28-14-12-23(13-15-28)18-30(36-31(38)27-6-4-3-5-7-27)33(40)37-29(19-26-16-17-42-22-26)32(39)35-21-25-10-8-24(20-34)9-11-25/h3-17,22,29-30H,2,18-21,34H2,1H3,(H,35,39)(H,36,38)(H,37,40)/t29-,30+/m0/s1. The highest BCUT2D eigenvalue weighted by Gasteiger charge is 2.28. The maximum absolute atomic E-state index is 13.7. The van der Waals surface area contributed by atoms with Crippen molar-refractivity contribution in [3.8, 4) is 5.75 Å². The number of hydrogen-bond donors (Lipinski definition) is 4. The number of thiophene rings is 1. The summed E-state index contributed by atoms with van der Waals surface area (Å²) in [5.41, 5.74) is 9.82. The minimum atomic E-state index is -0.919. The molecule has 0 fully saturated rings. The molecule has 9 heteroatoms. The summed E-state index contributed by atoms with van der Waals surface area (Å²) < 4.78 is 5.53. The van der Waals surface area contributed by atoms with Crippen LogP contribution in [0.5, 0.6) is 5.75 Å². The fraction of sp³-hybridized carbons (Fsp3) is 0.242. The molecule has 5 N–H and O–H groups in total. The van der Waals surface area contributed by atoms with Gasteiger partial charge >= 0.3 is 0 Å². The molecule has 0 saturated carbocycles. The van der Waals surface area contributed by atoms with Crippen LogP contribution >= 0.6 is 11.3 Å². The first-order valence-corrected chi connectivity index (χ1v) is 14.8. The maximum atomic E-state index is 13.7. The van der Waals surface area contributed by atoms with Gasteiger partial charge in [0.05, 0.1) is 6.61 Å². The van der Waals surface area contributed by atoms with Gasteiger partial charge in [-0.05, 0) is 70.3 Å². The molecule has 2 atom stereocenters. The van der Waals surface area contributed by atoms with Crippen molar-refractivity contribution in [2.24, 2.45) is 5.73 Å². The SMILES string of the molecule is CCOc1ccc(C[C@@H](NC(=O)c2ccccc2)C(=O)N[C@@H](Cc2ccsc2)C(=O)NCc2ccc(CN)cc2)cc1. The molecule has 4 aromatic rings. The van der Waals surface area contributed by atoms with E-state index in [-0.39, 0.29) is 18.2 Å². The number of ether oxygens (including phenoxy) is 1. The number of carbonyl (C=O) groups excluding carboxylic acids is 3. The fourth-order valence-corrected chi connectivity index (χ4v) is 5.08. The summed E-state index contributed by atoms with van der Waals surface area (Å²) in [6.45, 7) is 3.21. The second-order valence-electron chi connectivity index (χ2n) is 9.81. The number of hydrogen-bond acceptors (Lipinski definition) is 6. The number of nitrogens with two attached hydrogens (primary N) is 1. The zero-order valence-electron chi connectivity index (χ0n) is 23.5. The molecule has 42 heavy (non-hydrogen) atoms. The summed E-state index contributed by atoms with van der Waals surface area (Å²) in [7, 11) is 0. The number of benzene rings is 3. The summed E-state index contributed by atoms with van der Waals surface area (Å²) in [6.07, 6.45) is 0.548. The van der Waals surface area contributed by atoms with E-state index < -0.39 is 18.0 Å². The van der Waals surface area contributed by atoms with E-state index in [0.717, 1.165) is 28.0 Å². The topological polar surface area (TPSA) is 123 Å². The van der Waals surface area contributed by atoms with Crippen LogP contribution in [0, 0.1) is 0 Å². The smallest absolute Gasteiger partial charge is 0.251 e. The zero-order chi connectivity index (χ0) is 29.7. The summed E-state index contributed by atoms with van der Waals surface area (Å²) in [4.78, 5) is 40.2. The van der Waals surface area contributed by atoms with Gasteiger partial charge in [0, 0.05) is 31.5 Å². The van der Waals surface area contributed by atoms with Crippen molar-refractivity contribution in [1.82, 2.24) is 16.0 Å². The van der Waals surface area contributed by atoms with Crippen molar-refractivity contribution >= 4 is 29.1 Å². The molecule has 218 valence electrons. The molecule has 0 radical (unpaired) electrons. The van der Waals surface area contributed by atoms with Crippen LogP contribution in [0.15, 0.2) is 95.7 Å². The fourth-order valence-electron chi connectivity index (χ4n) is 4.40. The van der Waals surface area contributed by atoms with Gasteiger partial charge in [-0.1, -0.05) is 54.6 Å². The molecule has 0 unspecified atom stereocenters. The Morgan fingerprint density at radius 3 is 2.05 bits per heavy atom. The van der Waals surface area contributed by atoms with E-state index in [1.807, 2.05) is 78.3 Å². The molecule has 0 bridgehead atoms. The first-order chi connectivity index (χ1) is 20.4. The van der Waals surface area contributed by atoms with E-state index in [4.69, 9.17) is 10.5 Å². The van der Waals surface area contributed by atoms with Crippen LogP contribution in [0.1, 0.15) is 39.5 Å². The first kappa shape index (κ1) is 30.5. The largest absolute Gasteiger partial charge is 0.494 e. The third-order valence-corrected chi connectivity index (χ3v) is 7.44. The lowest BCUT2D eigenvalue weighted by atomic mass is 10.0. The summed E-state index contributed by atoms with van der Waals surface area (Å²) in [5.74, 6) is -0.412. The quantitative estimate of drug-likeness (QED) is 0.179. The zero-order valence-corrected chi connectivity index (χ0v) is 24.4. The van der Waals surface area contributed by atoms with Crippen LogP contribution in [0.4, 0.5) is 0 Å². The van der Waals surface area contributed by atoms with Crippen molar-refractivity contribution in [3.05, 3.63) is 124 Å². The van der Waals surface area contributed by atoms with Crippen LogP contribution in [0.3, 0.4) is 0 Å². The first-order valence-electron chi connectivity index (χ1n) is 13.9. The molecule has 3 aromatic carbocycles. The van der Waals surface area contributed by atoms with Crippen molar-refractivity contribution in [2.45, 2.75) is 44.9 Å². The lowest BCUT2D eigenvalue weighted by Gasteiger charge is -2.23. The molecule has 0 aliphatic carbocycles. The Hall–Kier alpha value is -4.47. The number of nitrogens with one attached hydrogen (secondary N) is 3. The molecule has 0 saturated heterocycles. The highest BCUT2D eigenvalue weighted by molar-refractivity contribution is 7.07. The van der Waals surface area contributed by atoms with E-state index >= 15 is 0 Å². The summed E-state index contributed by atoms with van der Waals surface area (Å²) in [5, 5.41) is 12.6. The third-order valence-electron chi connectivity index (χ3n) is 6.71. The summed E-state index contributed by atoms with van der Waals surface area (Å²) >= 11 is 1.52. The third kappa shape index (κ3) is 9.02. The van der Waals surface area contributed by atoms with Gasteiger partial charge in [-0.3, -0.25) is 14.4 Å².